The molecule has 0 saturated carbocycles. The number of allylic oxidation sites excluding steroid dienone is 2. The Kier molecular flexibility index (Phi) is 4.60. The quantitative estimate of drug-likeness (QED) is 0.581. The van der Waals surface area contributed by atoms with Gasteiger partial charge in [-0.3, -0.25) is 0 Å². The van der Waals surface area contributed by atoms with Crippen LogP contribution in [0.25, 0.3) is 11.1 Å². The largest absolute Gasteiger partial charge is 0.144 e. The van der Waals surface area contributed by atoms with Crippen LogP contribution in [0, 0.1) is 6.42 Å². The Bertz CT molecular complexity index is 645. The molecule has 0 atom stereocenters. The first-order chi connectivity index (χ1) is 10.3. The normalized spacial score (nSPS) is 13.8. The molecule has 21 heavy (non-hydrogen) atoms. The summed E-state index contributed by atoms with van der Waals surface area (Å²) in [4.78, 5) is 1.50. The van der Waals surface area contributed by atoms with Gasteiger partial charge in [0.15, 0.2) is 0 Å². The highest BCUT2D eigenvalue weighted by molar-refractivity contribution is 7.11. The first-order valence-electron chi connectivity index (χ1n) is 8.09. The Balaban J connectivity index is 2.01. The van der Waals surface area contributed by atoms with Crippen molar-refractivity contribution in [1.29, 1.82) is 0 Å². The molecule has 1 aromatic heterocycles. The summed E-state index contributed by atoms with van der Waals surface area (Å²) in [7, 11) is 0. The van der Waals surface area contributed by atoms with Gasteiger partial charge in [0, 0.05) is 11.3 Å². The van der Waals surface area contributed by atoms with Crippen molar-refractivity contribution in [1.82, 2.24) is 0 Å². The molecule has 3 rings (SSSR count). The van der Waals surface area contributed by atoms with E-state index in [9.17, 15) is 0 Å². The van der Waals surface area contributed by atoms with Crippen LogP contribution in [0.3, 0.4) is 0 Å². The predicted octanol–water partition coefficient (Wildman–Crippen LogP) is 6.37. The number of hydrogen-bond donors (Lipinski definition) is 0. The van der Waals surface area contributed by atoms with Crippen LogP contribution in [-0.2, 0) is 6.42 Å². The first kappa shape index (κ1) is 14.6. The molecule has 109 valence electrons. The topological polar surface area (TPSA) is 0 Å². The third kappa shape index (κ3) is 2.85. The zero-order valence-electron chi connectivity index (χ0n) is 13.0. The summed E-state index contributed by atoms with van der Waals surface area (Å²) in [6, 6.07) is 11.2. The van der Waals surface area contributed by atoms with E-state index in [2.05, 4.69) is 56.0 Å². The summed E-state index contributed by atoms with van der Waals surface area (Å²) in [6.07, 6.45) is 8.54. The van der Waals surface area contributed by atoms with Crippen LogP contribution in [-0.4, -0.2) is 0 Å². The summed E-state index contributed by atoms with van der Waals surface area (Å²) in [5.41, 5.74) is 7.41. The molecule has 1 heteroatoms. The molecule has 1 radical (unpaired) electrons. The molecule has 0 spiro atoms. The fraction of sp³-hybridized carbons (Fsp3) is 0.350. The Morgan fingerprint density at radius 2 is 1.81 bits per heavy atom. The summed E-state index contributed by atoms with van der Waals surface area (Å²) in [6.45, 7) is 4.54. The van der Waals surface area contributed by atoms with Gasteiger partial charge in [-0.1, -0.05) is 51.0 Å². The number of thiophene rings is 1. The molecule has 1 aromatic carbocycles. The Morgan fingerprint density at radius 3 is 2.62 bits per heavy atom. The van der Waals surface area contributed by atoms with Gasteiger partial charge in [0.25, 0.3) is 0 Å². The first-order valence-corrected chi connectivity index (χ1v) is 8.97. The van der Waals surface area contributed by atoms with E-state index in [-0.39, 0.29) is 0 Å². The van der Waals surface area contributed by atoms with Crippen molar-refractivity contribution in [2.75, 3.05) is 0 Å². The average Bonchev–Trinajstić information content (AvgIpc) is 3.10. The highest BCUT2D eigenvalue weighted by atomic mass is 32.1. The molecular weight excluding hydrogens is 272 g/mol. The maximum atomic E-state index is 2.40. The van der Waals surface area contributed by atoms with Crippen molar-refractivity contribution >= 4 is 22.5 Å². The van der Waals surface area contributed by atoms with E-state index in [0.717, 1.165) is 0 Å². The minimum absolute atomic E-state index is 1.17. The highest BCUT2D eigenvalue weighted by Crippen LogP contribution is 2.44. The zero-order chi connectivity index (χ0) is 14.7. The molecule has 0 N–H and O–H groups in total. The standard InChI is InChI=1S/C20H23S/c1-3-5-9-15-12-13-21-20(15)19-14-16-10-6-7-11-17(16)18(19)8-4-2/h6-7,10-14H,3-5,8-9H2,1-2H3. The van der Waals surface area contributed by atoms with Gasteiger partial charge in [0.2, 0.25) is 0 Å². The molecule has 0 bridgehead atoms. The number of aryl methyl sites for hydroxylation is 1. The molecule has 1 heterocycles. The third-order valence-electron chi connectivity index (χ3n) is 4.20. The lowest BCUT2D eigenvalue weighted by atomic mass is 9.98. The number of unbranched alkanes of at least 4 members (excludes halogenated alkanes) is 1. The summed E-state index contributed by atoms with van der Waals surface area (Å²) in [5.74, 6) is 0. The fourth-order valence-corrected chi connectivity index (χ4v) is 4.14. The van der Waals surface area contributed by atoms with Crippen LogP contribution in [0.15, 0.2) is 35.7 Å². The number of benzene rings is 1. The third-order valence-corrected chi connectivity index (χ3v) is 5.19. The lowest BCUT2D eigenvalue weighted by molar-refractivity contribution is 0.796. The molecular formula is C20H23S. The second kappa shape index (κ2) is 6.62. The van der Waals surface area contributed by atoms with Crippen molar-refractivity contribution < 1.29 is 0 Å². The van der Waals surface area contributed by atoms with E-state index in [4.69, 9.17) is 0 Å². The summed E-state index contributed by atoms with van der Waals surface area (Å²) >= 11 is 1.91. The van der Waals surface area contributed by atoms with Crippen molar-refractivity contribution in [3.8, 4) is 0 Å². The van der Waals surface area contributed by atoms with Gasteiger partial charge in [-0.25, -0.2) is 0 Å². The van der Waals surface area contributed by atoms with Crippen molar-refractivity contribution in [2.45, 2.75) is 46.0 Å². The Morgan fingerprint density at radius 1 is 0.952 bits per heavy atom. The van der Waals surface area contributed by atoms with Crippen LogP contribution in [0.2, 0.25) is 0 Å². The van der Waals surface area contributed by atoms with E-state index < -0.39 is 0 Å². The lowest BCUT2D eigenvalue weighted by Gasteiger charge is -2.08. The molecule has 0 unspecified atom stereocenters. The molecule has 1 aliphatic carbocycles. The van der Waals surface area contributed by atoms with E-state index >= 15 is 0 Å². The highest BCUT2D eigenvalue weighted by Gasteiger charge is 2.24. The zero-order valence-corrected chi connectivity index (χ0v) is 13.8. The predicted molar refractivity (Wildman–Crippen MR) is 94.5 cm³/mol. The van der Waals surface area contributed by atoms with Crippen molar-refractivity contribution in [3.05, 3.63) is 63.7 Å². The molecule has 2 aromatic rings. The Labute approximate surface area is 132 Å². The monoisotopic (exact) mass is 295 g/mol. The number of fused-ring (bicyclic) bond motifs is 1. The van der Waals surface area contributed by atoms with Gasteiger partial charge >= 0.3 is 0 Å². The van der Waals surface area contributed by atoms with Gasteiger partial charge in [-0.15, -0.1) is 11.3 Å². The van der Waals surface area contributed by atoms with Gasteiger partial charge < -0.3 is 0 Å². The minimum atomic E-state index is 1.17. The van der Waals surface area contributed by atoms with Gasteiger partial charge in [0.1, 0.15) is 0 Å². The van der Waals surface area contributed by atoms with E-state index in [1.807, 2.05) is 11.3 Å². The smallest absolute Gasteiger partial charge is 0.0343 e. The fourth-order valence-electron chi connectivity index (χ4n) is 3.14. The lowest BCUT2D eigenvalue weighted by Crippen LogP contribution is -1.90. The van der Waals surface area contributed by atoms with Crippen LogP contribution < -0.4 is 0 Å². The van der Waals surface area contributed by atoms with Gasteiger partial charge in [0.05, 0.1) is 0 Å². The second-order valence-electron chi connectivity index (χ2n) is 5.75. The van der Waals surface area contributed by atoms with Crippen molar-refractivity contribution in [3.63, 3.8) is 0 Å². The second-order valence-corrected chi connectivity index (χ2v) is 6.67. The van der Waals surface area contributed by atoms with Crippen LogP contribution in [0.5, 0.6) is 0 Å². The Hall–Kier alpha value is -1.34. The van der Waals surface area contributed by atoms with E-state index in [1.54, 1.807) is 5.57 Å². The van der Waals surface area contributed by atoms with Gasteiger partial charge in [-0.2, -0.15) is 0 Å². The summed E-state index contributed by atoms with van der Waals surface area (Å²) < 4.78 is 0. The maximum Gasteiger partial charge on any atom is 0.0343 e. The van der Waals surface area contributed by atoms with Crippen LogP contribution in [0.4, 0.5) is 0 Å². The number of rotatable bonds is 6. The average molecular weight is 295 g/mol. The van der Waals surface area contributed by atoms with Crippen LogP contribution >= 0.6 is 11.3 Å². The molecule has 0 aliphatic heterocycles. The van der Waals surface area contributed by atoms with Gasteiger partial charge in [-0.05, 0) is 58.5 Å². The number of hydrogen-bond acceptors (Lipinski definition) is 1. The van der Waals surface area contributed by atoms with E-state index in [0.29, 0.717) is 0 Å². The van der Waals surface area contributed by atoms with E-state index in [1.165, 1.54) is 59.2 Å². The molecule has 0 fully saturated rings. The molecule has 1 aliphatic rings. The maximum absolute atomic E-state index is 2.40. The SMILES string of the molecule is CCCCc1ccsc1C1=C(CCC)c2ccccc2[CH]1. The minimum Gasteiger partial charge on any atom is -0.144 e. The molecule has 0 saturated heterocycles. The molecule has 0 amide bonds. The summed E-state index contributed by atoms with van der Waals surface area (Å²) in [5, 5.41) is 2.26. The molecule has 0 nitrogen and oxygen atoms in total. The van der Waals surface area contributed by atoms with Crippen molar-refractivity contribution in [2.24, 2.45) is 0 Å². The van der Waals surface area contributed by atoms with Crippen LogP contribution in [0.1, 0.15) is 61.1 Å².